The van der Waals surface area contributed by atoms with E-state index in [4.69, 9.17) is 4.42 Å². The first-order chi connectivity index (χ1) is 9.36. The van der Waals surface area contributed by atoms with E-state index < -0.39 is 0 Å². The van der Waals surface area contributed by atoms with Gasteiger partial charge in [-0.15, -0.1) is 24.0 Å². The Morgan fingerprint density at radius 1 is 1.30 bits per heavy atom. The molecule has 0 aliphatic rings. The van der Waals surface area contributed by atoms with Crippen LogP contribution in [-0.2, 0) is 6.42 Å². The first-order valence-corrected chi connectivity index (χ1v) is 6.97. The normalized spacial score (nSPS) is 11.0. The van der Waals surface area contributed by atoms with Gasteiger partial charge in [0.15, 0.2) is 5.96 Å². The van der Waals surface area contributed by atoms with Crippen molar-refractivity contribution < 1.29 is 8.81 Å². The number of guanidine groups is 1. The third-order valence-electron chi connectivity index (χ3n) is 2.63. The first kappa shape index (κ1) is 19.2. The second-order valence-electron chi connectivity index (χ2n) is 4.31. The Hall–Kier alpha value is -0.790. The van der Waals surface area contributed by atoms with Gasteiger partial charge in [0, 0.05) is 26.1 Å². The van der Waals surface area contributed by atoms with Gasteiger partial charge in [-0.05, 0) is 25.0 Å². The summed E-state index contributed by atoms with van der Waals surface area (Å²) in [7, 11) is 0. The molecule has 6 heteroatoms. The molecule has 0 unspecified atom stereocenters. The number of unbranched alkanes of at least 4 members (excludes halogenated alkanes) is 1. The highest BCUT2D eigenvalue weighted by Crippen LogP contribution is 1.99. The molecule has 0 fully saturated rings. The van der Waals surface area contributed by atoms with Crippen molar-refractivity contribution in [1.82, 2.24) is 10.6 Å². The smallest absolute Gasteiger partial charge is 0.191 e. The third-order valence-corrected chi connectivity index (χ3v) is 2.63. The topological polar surface area (TPSA) is 49.6 Å². The molecular formula is C14H25FIN3O. The molecule has 1 rings (SSSR count). The Morgan fingerprint density at radius 2 is 2.10 bits per heavy atom. The molecule has 0 saturated carbocycles. The van der Waals surface area contributed by atoms with Crippen LogP contribution in [0.25, 0.3) is 0 Å². The molecule has 1 heterocycles. The summed E-state index contributed by atoms with van der Waals surface area (Å²) in [5, 5.41) is 6.48. The molecule has 0 aliphatic carbocycles. The van der Waals surface area contributed by atoms with Crippen molar-refractivity contribution in [2.24, 2.45) is 4.99 Å². The van der Waals surface area contributed by atoms with Crippen LogP contribution in [0.2, 0.25) is 0 Å². The van der Waals surface area contributed by atoms with Crippen LogP contribution in [0, 0.1) is 0 Å². The summed E-state index contributed by atoms with van der Waals surface area (Å²) < 4.78 is 17.3. The molecule has 0 aliphatic heterocycles. The van der Waals surface area contributed by atoms with Crippen LogP contribution < -0.4 is 10.6 Å². The zero-order valence-electron chi connectivity index (χ0n) is 12.0. The number of halogens is 2. The van der Waals surface area contributed by atoms with Gasteiger partial charge in [0.05, 0.1) is 12.9 Å². The summed E-state index contributed by atoms with van der Waals surface area (Å²) >= 11 is 0. The highest BCUT2D eigenvalue weighted by molar-refractivity contribution is 14.0. The van der Waals surface area contributed by atoms with Gasteiger partial charge < -0.3 is 15.1 Å². The summed E-state index contributed by atoms with van der Waals surface area (Å²) in [6.07, 6.45) is 5.19. The molecule has 0 saturated heterocycles. The molecule has 0 bridgehead atoms. The van der Waals surface area contributed by atoms with Crippen molar-refractivity contribution >= 4 is 29.9 Å². The van der Waals surface area contributed by atoms with Crippen molar-refractivity contribution in [3.05, 3.63) is 24.2 Å². The zero-order chi connectivity index (χ0) is 13.8. The predicted molar refractivity (Wildman–Crippen MR) is 91.6 cm³/mol. The maximum absolute atomic E-state index is 12.1. The van der Waals surface area contributed by atoms with Crippen molar-refractivity contribution in [2.45, 2.75) is 32.6 Å². The maximum Gasteiger partial charge on any atom is 0.191 e. The lowest BCUT2D eigenvalue weighted by Crippen LogP contribution is -2.39. The molecule has 20 heavy (non-hydrogen) atoms. The fraction of sp³-hybridized carbons (Fsp3) is 0.643. The fourth-order valence-corrected chi connectivity index (χ4v) is 1.57. The highest BCUT2D eigenvalue weighted by atomic mass is 127. The molecule has 1 aromatic heterocycles. The summed E-state index contributed by atoms with van der Waals surface area (Å²) in [6, 6.07) is 3.83. The lowest BCUT2D eigenvalue weighted by Gasteiger charge is -2.11. The van der Waals surface area contributed by atoms with Gasteiger partial charge in [-0.25, -0.2) is 0 Å². The quantitative estimate of drug-likeness (QED) is 0.291. The monoisotopic (exact) mass is 397 g/mol. The van der Waals surface area contributed by atoms with Crippen LogP contribution >= 0.6 is 24.0 Å². The van der Waals surface area contributed by atoms with Crippen LogP contribution in [0.5, 0.6) is 0 Å². The van der Waals surface area contributed by atoms with Crippen LogP contribution in [0.1, 0.15) is 31.9 Å². The van der Waals surface area contributed by atoms with E-state index in [0.29, 0.717) is 13.0 Å². The molecular weight excluding hydrogens is 372 g/mol. The molecule has 1 aromatic rings. The predicted octanol–water partition coefficient (Wildman–Crippen LogP) is 3.14. The van der Waals surface area contributed by atoms with E-state index in [1.54, 1.807) is 6.26 Å². The largest absolute Gasteiger partial charge is 0.469 e. The third kappa shape index (κ3) is 9.17. The van der Waals surface area contributed by atoms with E-state index in [1.807, 2.05) is 12.1 Å². The number of nitrogens with zero attached hydrogens (tertiary/aromatic N) is 1. The summed E-state index contributed by atoms with van der Waals surface area (Å²) in [6.45, 7) is 3.97. The van der Waals surface area contributed by atoms with E-state index in [-0.39, 0.29) is 30.7 Å². The fourth-order valence-electron chi connectivity index (χ4n) is 1.57. The molecule has 0 spiro atoms. The number of furan rings is 1. The molecule has 0 radical (unpaired) electrons. The minimum absolute atomic E-state index is 0. The number of rotatable bonds is 9. The van der Waals surface area contributed by atoms with Crippen molar-refractivity contribution in [3.63, 3.8) is 0 Å². The maximum atomic E-state index is 12.1. The second kappa shape index (κ2) is 13.2. The van der Waals surface area contributed by atoms with Gasteiger partial charge in [0.25, 0.3) is 0 Å². The molecule has 0 atom stereocenters. The standard InChI is InChI=1S/C14H24FN3O.HI/c1-2-3-9-16-14(17-10-5-8-15)18-11-7-13-6-4-12-19-13;/h4,6,12H,2-3,5,7-11H2,1H3,(H2,16,17,18);1H. The zero-order valence-corrected chi connectivity index (χ0v) is 14.4. The number of alkyl halides is 1. The van der Waals surface area contributed by atoms with Crippen LogP contribution in [0.4, 0.5) is 4.39 Å². The molecule has 116 valence electrons. The molecule has 2 N–H and O–H groups in total. The first-order valence-electron chi connectivity index (χ1n) is 6.97. The van der Waals surface area contributed by atoms with E-state index >= 15 is 0 Å². The summed E-state index contributed by atoms with van der Waals surface area (Å²) in [4.78, 5) is 4.33. The van der Waals surface area contributed by atoms with E-state index in [9.17, 15) is 4.39 Å². The summed E-state index contributed by atoms with van der Waals surface area (Å²) in [5.74, 6) is 1.71. The van der Waals surface area contributed by atoms with Gasteiger partial charge in [0.2, 0.25) is 0 Å². The van der Waals surface area contributed by atoms with Crippen LogP contribution in [0.3, 0.4) is 0 Å². The van der Waals surface area contributed by atoms with Crippen molar-refractivity contribution in [3.8, 4) is 0 Å². The minimum atomic E-state index is -0.321. The Kier molecular flexibility index (Phi) is 12.7. The molecule has 0 amide bonds. The molecule has 4 nitrogen and oxygen atoms in total. The Morgan fingerprint density at radius 3 is 2.75 bits per heavy atom. The lowest BCUT2D eigenvalue weighted by atomic mass is 10.3. The van der Waals surface area contributed by atoms with Gasteiger partial charge in [-0.2, -0.15) is 0 Å². The van der Waals surface area contributed by atoms with Crippen LogP contribution in [0.15, 0.2) is 27.8 Å². The van der Waals surface area contributed by atoms with E-state index in [1.165, 1.54) is 0 Å². The Balaban J connectivity index is 0.00000361. The van der Waals surface area contributed by atoms with Crippen molar-refractivity contribution in [2.75, 3.05) is 26.3 Å². The summed E-state index contributed by atoms with van der Waals surface area (Å²) in [5.41, 5.74) is 0. The van der Waals surface area contributed by atoms with E-state index in [2.05, 4.69) is 22.5 Å². The average Bonchev–Trinajstić information content (AvgIpc) is 2.92. The average molecular weight is 397 g/mol. The van der Waals surface area contributed by atoms with Gasteiger partial charge in [-0.1, -0.05) is 13.3 Å². The van der Waals surface area contributed by atoms with E-state index in [0.717, 1.165) is 44.1 Å². The van der Waals surface area contributed by atoms with Gasteiger partial charge in [0.1, 0.15) is 5.76 Å². The van der Waals surface area contributed by atoms with Gasteiger partial charge in [-0.3, -0.25) is 9.38 Å². The van der Waals surface area contributed by atoms with Crippen LogP contribution in [-0.4, -0.2) is 32.3 Å². The van der Waals surface area contributed by atoms with Gasteiger partial charge >= 0.3 is 0 Å². The van der Waals surface area contributed by atoms with Crippen molar-refractivity contribution in [1.29, 1.82) is 0 Å². The number of hydrogen-bond donors (Lipinski definition) is 2. The number of hydrogen-bond acceptors (Lipinski definition) is 2. The number of aliphatic imine (C=N–C) groups is 1. The Bertz CT molecular complexity index is 344. The minimum Gasteiger partial charge on any atom is -0.469 e. The Labute approximate surface area is 137 Å². The number of nitrogens with one attached hydrogen (secondary N) is 2. The highest BCUT2D eigenvalue weighted by Gasteiger charge is 1.99. The molecule has 0 aromatic carbocycles. The second-order valence-corrected chi connectivity index (χ2v) is 4.31. The lowest BCUT2D eigenvalue weighted by molar-refractivity contribution is 0.477. The SMILES string of the molecule is CCCCNC(=NCCCF)NCCc1ccco1.I.